The first kappa shape index (κ1) is 18.4. The van der Waals surface area contributed by atoms with Gasteiger partial charge in [0, 0.05) is 24.5 Å². The van der Waals surface area contributed by atoms with Crippen LogP contribution in [0.5, 0.6) is 0 Å². The molecular weight excluding hydrogens is 336 g/mol. The van der Waals surface area contributed by atoms with Crippen LogP contribution < -0.4 is 5.32 Å². The highest BCUT2D eigenvalue weighted by Gasteiger charge is 2.33. The van der Waals surface area contributed by atoms with Gasteiger partial charge in [0.15, 0.2) is 0 Å². The molecule has 1 saturated heterocycles. The zero-order chi connectivity index (χ0) is 18.2. The summed E-state index contributed by atoms with van der Waals surface area (Å²) in [5, 5.41) is 3.00. The molecule has 0 radical (unpaired) electrons. The second-order valence-corrected chi connectivity index (χ2v) is 10.1. The third kappa shape index (κ3) is 4.06. The molecule has 0 unspecified atom stereocenters. The number of piperidine rings is 1. The summed E-state index contributed by atoms with van der Waals surface area (Å²) in [6.45, 7) is 6.68. The monoisotopic (exact) mass is 364 g/mol. The fourth-order valence-corrected chi connectivity index (χ4v) is 5.21. The molecule has 1 fully saturated rings. The van der Waals surface area contributed by atoms with E-state index >= 15 is 0 Å². The molecule has 25 heavy (non-hydrogen) atoms. The summed E-state index contributed by atoms with van der Waals surface area (Å²) in [6.07, 6.45) is 4.27. The molecular formula is C19H28N2O3S. The van der Waals surface area contributed by atoms with E-state index < -0.39 is 10.0 Å². The number of hydrogen-bond donors (Lipinski definition) is 1. The first-order valence-corrected chi connectivity index (χ1v) is 10.5. The summed E-state index contributed by atoms with van der Waals surface area (Å²) in [5.74, 6) is -0.0761. The number of rotatable bonds is 3. The van der Waals surface area contributed by atoms with Crippen molar-refractivity contribution in [2.75, 3.05) is 13.1 Å². The van der Waals surface area contributed by atoms with E-state index in [9.17, 15) is 13.2 Å². The van der Waals surface area contributed by atoms with E-state index in [4.69, 9.17) is 0 Å². The van der Waals surface area contributed by atoms with Gasteiger partial charge in [-0.1, -0.05) is 6.07 Å². The highest BCUT2D eigenvalue weighted by molar-refractivity contribution is 7.89. The van der Waals surface area contributed by atoms with Crippen LogP contribution in [-0.2, 0) is 27.7 Å². The Bertz CT molecular complexity index is 757. The lowest BCUT2D eigenvalue weighted by Gasteiger charge is -2.32. The number of nitrogens with zero attached hydrogens (tertiary/aromatic N) is 1. The molecule has 6 heteroatoms. The fraction of sp³-hybridized carbons (Fsp3) is 0.632. The maximum atomic E-state index is 12.9. The largest absolute Gasteiger partial charge is 0.351 e. The van der Waals surface area contributed by atoms with Gasteiger partial charge < -0.3 is 5.32 Å². The van der Waals surface area contributed by atoms with Gasteiger partial charge in [-0.15, -0.1) is 0 Å². The van der Waals surface area contributed by atoms with E-state index in [0.29, 0.717) is 30.8 Å². The Morgan fingerprint density at radius 3 is 2.40 bits per heavy atom. The van der Waals surface area contributed by atoms with Crippen LogP contribution in [0.1, 0.15) is 51.2 Å². The Balaban J connectivity index is 1.67. The highest BCUT2D eigenvalue weighted by Crippen LogP contribution is 2.28. The normalized spacial score (nSPS) is 19.6. The number of nitrogens with one attached hydrogen (secondary N) is 1. The van der Waals surface area contributed by atoms with E-state index in [1.54, 1.807) is 6.07 Å². The minimum atomic E-state index is -3.47. The number of sulfonamides is 1. The minimum absolute atomic E-state index is 0.0297. The van der Waals surface area contributed by atoms with Gasteiger partial charge in [0.2, 0.25) is 15.9 Å². The molecule has 2 aliphatic rings. The molecule has 1 aliphatic heterocycles. The number of hydrogen-bond acceptors (Lipinski definition) is 3. The molecule has 3 rings (SSSR count). The summed E-state index contributed by atoms with van der Waals surface area (Å²) < 4.78 is 27.4. The zero-order valence-electron chi connectivity index (χ0n) is 15.3. The molecule has 1 aliphatic carbocycles. The summed E-state index contributed by atoms with van der Waals surface area (Å²) >= 11 is 0. The van der Waals surface area contributed by atoms with Crippen molar-refractivity contribution in [1.82, 2.24) is 9.62 Å². The van der Waals surface area contributed by atoms with Crippen molar-refractivity contribution in [3.8, 4) is 0 Å². The van der Waals surface area contributed by atoms with Crippen LogP contribution in [0.25, 0.3) is 0 Å². The molecule has 1 N–H and O–H groups in total. The van der Waals surface area contributed by atoms with E-state index in [-0.39, 0.29) is 17.4 Å². The van der Waals surface area contributed by atoms with Crippen molar-refractivity contribution >= 4 is 15.9 Å². The summed E-state index contributed by atoms with van der Waals surface area (Å²) in [4.78, 5) is 12.7. The Hall–Kier alpha value is -1.40. The Labute approximate surface area is 150 Å². The topological polar surface area (TPSA) is 66.5 Å². The summed E-state index contributed by atoms with van der Waals surface area (Å²) in [7, 11) is -3.47. The lowest BCUT2D eigenvalue weighted by Crippen LogP contribution is -2.47. The molecule has 1 amide bonds. The quantitative estimate of drug-likeness (QED) is 0.896. The van der Waals surface area contributed by atoms with E-state index in [1.165, 1.54) is 15.4 Å². The summed E-state index contributed by atoms with van der Waals surface area (Å²) in [6, 6.07) is 5.53. The first-order chi connectivity index (χ1) is 11.7. The van der Waals surface area contributed by atoms with E-state index in [2.05, 4.69) is 5.32 Å². The average molecular weight is 365 g/mol. The molecule has 5 nitrogen and oxygen atoms in total. The smallest absolute Gasteiger partial charge is 0.243 e. The maximum Gasteiger partial charge on any atom is 0.243 e. The van der Waals surface area contributed by atoms with Crippen molar-refractivity contribution in [3.05, 3.63) is 29.3 Å². The Kier molecular flexibility index (Phi) is 4.95. The lowest BCUT2D eigenvalue weighted by atomic mass is 9.96. The molecule has 1 aromatic carbocycles. The van der Waals surface area contributed by atoms with Gasteiger partial charge in [0.25, 0.3) is 0 Å². The van der Waals surface area contributed by atoms with Gasteiger partial charge in [-0.2, -0.15) is 4.31 Å². The van der Waals surface area contributed by atoms with E-state index in [0.717, 1.165) is 19.3 Å². The molecule has 0 saturated carbocycles. The number of amides is 1. The van der Waals surface area contributed by atoms with Crippen LogP contribution in [0, 0.1) is 5.92 Å². The summed E-state index contributed by atoms with van der Waals surface area (Å²) in [5.41, 5.74) is 2.18. The Morgan fingerprint density at radius 2 is 1.76 bits per heavy atom. The number of benzene rings is 1. The molecule has 1 heterocycles. The van der Waals surface area contributed by atoms with Crippen molar-refractivity contribution in [2.24, 2.45) is 5.92 Å². The number of fused-ring (bicyclic) bond motifs is 1. The van der Waals surface area contributed by atoms with Crippen LogP contribution in [-0.4, -0.2) is 37.3 Å². The lowest BCUT2D eigenvalue weighted by molar-refractivity contribution is -0.127. The molecule has 0 spiro atoms. The number of aryl methyl sites for hydroxylation is 2. The van der Waals surface area contributed by atoms with Crippen molar-refractivity contribution in [3.63, 3.8) is 0 Å². The predicted octanol–water partition coefficient (Wildman–Crippen LogP) is 2.49. The molecule has 0 atom stereocenters. The molecule has 0 bridgehead atoms. The van der Waals surface area contributed by atoms with Gasteiger partial charge in [0.1, 0.15) is 0 Å². The van der Waals surface area contributed by atoms with Crippen LogP contribution in [0.15, 0.2) is 23.1 Å². The van der Waals surface area contributed by atoms with Gasteiger partial charge in [-0.05, 0) is 76.1 Å². The third-order valence-electron chi connectivity index (χ3n) is 5.03. The first-order valence-electron chi connectivity index (χ1n) is 9.11. The average Bonchev–Trinajstić information content (AvgIpc) is 3.01. The van der Waals surface area contributed by atoms with Crippen LogP contribution in [0.3, 0.4) is 0 Å². The van der Waals surface area contributed by atoms with E-state index in [1.807, 2.05) is 32.9 Å². The molecule has 1 aromatic rings. The second-order valence-electron chi connectivity index (χ2n) is 8.20. The maximum absolute atomic E-state index is 12.9. The molecule has 138 valence electrons. The van der Waals surface area contributed by atoms with Crippen molar-refractivity contribution < 1.29 is 13.2 Å². The van der Waals surface area contributed by atoms with Crippen molar-refractivity contribution in [2.45, 2.75) is 63.3 Å². The fourth-order valence-electron chi connectivity index (χ4n) is 3.69. The third-order valence-corrected chi connectivity index (χ3v) is 6.93. The number of carbonyl (C=O) groups excluding carboxylic acids is 1. The van der Waals surface area contributed by atoms with Gasteiger partial charge >= 0.3 is 0 Å². The van der Waals surface area contributed by atoms with Gasteiger partial charge in [-0.3, -0.25) is 4.79 Å². The van der Waals surface area contributed by atoms with Gasteiger partial charge in [-0.25, -0.2) is 8.42 Å². The standard InChI is InChI=1S/C19H28N2O3S/c1-19(2,3)20-18(22)15-9-11-21(12-10-15)25(23,24)17-8-7-14-5-4-6-16(14)13-17/h7-8,13,15H,4-6,9-12H2,1-3H3,(H,20,22). The molecule has 0 aromatic heterocycles. The van der Waals surface area contributed by atoms with Gasteiger partial charge in [0.05, 0.1) is 4.90 Å². The SMILES string of the molecule is CC(C)(C)NC(=O)C1CCN(S(=O)(=O)c2ccc3c(c2)CCC3)CC1. The highest BCUT2D eigenvalue weighted by atomic mass is 32.2. The number of carbonyl (C=O) groups is 1. The predicted molar refractivity (Wildman–Crippen MR) is 97.8 cm³/mol. The van der Waals surface area contributed by atoms with Crippen LogP contribution >= 0.6 is 0 Å². The minimum Gasteiger partial charge on any atom is -0.351 e. The van der Waals surface area contributed by atoms with Crippen LogP contribution in [0.4, 0.5) is 0 Å². The zero-order valence-corrected chi connectivity index (χ0v) is 16.2. The second kappa shape index (κ2) is 6.72. The Morgan fingerprint density at radius 1 is 1.12 bits per heavy atom. The van der Waals surface area contributed by atoms with Crippen molar-refractivity contribution in [1.29, 1.82) is 0 Å². The van der Waals surface area contributed by atoms with Crippen LogP contribution in [0.2, 0.25) is 0 Å².